The molecule has 0 amide bonds. The van der Waals surface area contributed by atoms with Crippen LogP contribution < -0.4 is 0 Å². The maximum atomic E-state index is 14.4. The molecule has 0 bridgehead atoms. The highest BCUT2D eigenvalue weighted by atomic mass is 19.4. The number of hydrogen-bond acceptors (Lipinski definition) is 7. The van der Waals surface area contributed by atoms with Gasteiger partial charge in [0.1, 0.15) is 24.7 Å². The van der Waals surface area contributed by atoms with E-state index in [0.29, 0.717) is 6.08 Å². The summed E-state index contributed by atoms with van der Waals surface area (Å²) < 4.78 is 242. The van der Waals surface area contributed by atoms with Crippen LogP contribution in [-0.4, -0.2) is 96.6 Å². The van der Waals surface area contributed by atoms with E-state index in [9.17, 15) is 94.1 Å². The van der Waals surface area contributed by atoms with Crippen LogP contribution in [0.4, 0.5) is 74.6 Å². The first-order valence-corrected chi connectivity index (χ1v) is 11.3. The van der Waals surface area contributed by atoms with Gasteiger partial charge in [-0.05, 0) is 6.92 Å². The fourth-order valence-electron chi connectivity index (χ4n) is 2.76. The second-order valence-corrected chi connectivity index (χ2v) is 9.24. The number of hydrogen-bond donors (Lipinski definition) is 1. The van der Waals surface area contributed by atoms with Gasteiger partial charge in [0.05, 0.1) is 13.0 Å². The zero-order chi connectivity index (χ0) is 37.2. The van der Waals surface area contributed by atoms with Crippen molar-refractivity contribution in [2.75, 3.05) is 19.8 Å². The Balaban J connectivity index is 6.61. The number of carbonyl (C=O) groups is 3. The molecule has 0 saturated heterocycles. The van der Waals surface area contributed by atoms with E-state index < -0.39 is 103 Å². The Labute approximate surface area is 244 Å². The lowest BCUT2D eigenvalue weighted by Crippen LogP contribution is -2.74. The number of rotatable bonds is 17. The van der Waals surface area contributed by atoms with Crippen molar-refractivity contribution in [3.8, 4) is 0 Å². The summed E-state index contributed by atoms with van der Waals surface area (Å²) in [4.78, 5) is 34.8. The average Bonchev–Trinajstić information content (AvgIpc) is 2.92. The summed E-state index contributed by atoms with van der Waals surface area (Å²) in [5.74, 6) is -63.3. The first-order chi connectivity index (χ1) is 20.2. The Morgan fingerprint density at radius 3 is 1.41 bits per heavy atom. The molecule has 24 heteroatoms. The van der Waals surface area contributed by atoms with Crippen molar-refractivity contribution < 1.29 is 108 Å². The van der Waals surface area contributed by atoms with Gasteiger partial charge in [0.25, 0.3) is 0 Å². The largest absolute Gasteiger partial charge is 0.461 e. The summed E-state index contributed by atoms with van der Waals surface area (Å²) in [5.41, 5.74) is -2.34. The van der Waals surface area contributed by atoms with E-state index in [4.69, 9.17) is 0 Å². The molecule has 2 unspecified atom stereocenters. The van der Waals surface area contributed by atoms with E-state index >= 15 is 0 Å². The fraction of sp³-hybridized carbons (Fsp3) is 0.682. The lowest BCUT2D eigenvalue weighted by atomic mass is 9.87. The van der Waals surface area contributed by atoms with E-state index in [2.05, 4.69) is 27.4 Å². The van der Waals surface area contributed by atoms with Crippen LogP contribution in [0.1, 0.15) is 13.3 Å². The van der Waals surface area contributed by atoms with Crippen LogP contribution in [0.15, 0.2) is 25.3 Å². The maximum Gasteiger partial charge on any atom is 0.460 e. The van der Waals surface area contributed by atoms with Crippen LogP contribution in [0.5, 0.6) is 0 Å². The number of halogens is 17. The number of esters is 3. The smallest absolute Gasteiger partial charge is 0.460 e. The summed E-state index contributed by atoms with van der Waals surface area (Å²) in [6.45, 7) is 2.02. The van der Waals surface area contributed by atoms with Crippen molar-refractivity contribution >= 4 is 17.9 Å². The van der Waals surface area contributed by atoms with Crippen molar-refractivity contribution in [2.45, 2.75) is 67.1 Å². The van der Waals surface area contributed by atoms with Gasteiger partial charge in [-0.25, -0.2) is 9.59 Å². The van der Waals surface area contributed by atoms with Crippen LogP contribution in [0.3, 0.4) is 0 Å². The van der Waals surface area contributed by atoms with Crippen LogP contribution in [0, 0.1) is 5.41 Å². The Hall–Kier alpha value is -3.34. The fourth-order valence-corrected chi connectivity index (χ4v) is 2.76. The van der Waals surface area contributed by atoms with E-state index in [1.165, 1.54) is 0 Å². The van der Waals surface area contributed by atoms with Crippen molar-refractivity contribution in [2.24, 2.45) is 5.41 Å². The Kier molecular flexibility index (Phi) is 12.4. The molecule has 0 fully saturated rings. The van der Waals surface area contributed by atoms with Crippen molar-refractivity contribution in [3.63, 3.8) is 0 Å². The summed E-state index contributed by atoms with van der Waals surface area (Å²) >= 11 is 0. The lowest BCUT2D eigenvalue weighted by Gasteiger charge is -2.43. The monoisotopic (exact) mass is 718 g/mol. The molecule has 0 aromatic heterocycles. The normalized spacial score (nSPS) is 16.2. The molecular weight excluding hydrogens is 699 g/mol. The third-order valence-electron chi connectivity index (χ3n) is 5.66. The minimum Gasteiger partial charge on any atom is -0.461 e. The zero-order valence-electron chi connectivity index (χ0n) is 22.3. The van der Waals surface area contributed by atoms with Crippen molar-refractivity contribution in [1.29, 1.82) is 0 Å². The molecule has 46 heavy (non-hydrogen) atoms. The highest BCUT2D eigenvalue weighted by molar-refractivity contribution is 5.82. The molecular formula is C22H19F17O7. The SMILES string of the molecule is C=CC(=O)OCC(C)(CO)C(=O)OCC(CC(F)(F)C(F)(F)C(F)(F)C(F)(F)C(F)(F)C(F)(F)C(F)(F)C(F)(F)F)OC(=O)C=C. The van der Waals surface area contributed by atoms with Gasteiger partial charge in [-0.2, -0.15) is 74.6 Å². The standard InChI is InChI=1S/C22H19F17O7/c1-4-11(41)45-9-14(3,8-40)13(43)44-7-10(46-12(42)5-2)6-15(23,24)16(25,26)17(27,28)18(29,30)19(31,32)20(33,34)21(35,36)22(37,38)39/h4-5,10,40H,1-2,6-9H2,3H3. The molecule has 268 valence electrons. The number of aliphatic hydroxyl groups is 1. The molecule has 0 aliphatic carbocycles. The number of carbonyl (C=O) groups excluding carboxylic acids is 3. The molecule has 0 aliphatic rings. The van der Waals surface area contributed by atoms with Gasteiger partial charge in [-0.3, -0.25) is 4.79 Å². The van der Waals surface area contributed by atoms with Gasteiger partial charge in [0.15, 0.2) is 0 Å². The quantitative estimate of drug-likeness (QED) is 0.0885. The Morgan fingerprint density at radius 1 is 0.652 bits per heavy atom. The Morgan fingerprint density at radius 2 is 1.04 bits per heavy atom. The second-order valence-electron chi connectivity index (χ2n) is 9.24. The zero-order valence-corrected chi connectivity index (χ0v) is 22.3. The first-order valence-electron chi connectivity index (χ1n) is 11.3. The van der Waals surface area contributed by atoms with Crippen LogP contribution in [-0.2, 0) is 28.6 Å². The van der Waals surface area contributed by atoms with E-state index in [1.807, 2.05) is 0 Å². The Bertz CT molecular complexity index is 1150. The molecule has 2 atom stereocenters. The van der Waals surface area contributed by atoms with Crippen LogP contribution >= 0.6 is 0 Å². The van der Waals surface area contributed by atoms with E-state index in [-0.39, 0.29) is 6.08 Å². The summed E-state index contributed by atoms with van der Waals surface area (Å²) in [5, 5.41) is 9.35. The highest BCUT2D eigenvalue weighted by Gasteiger charge is 2.95. The molecule has 1 N–H and O–H groups in total. The van der Waals surface area contributed by atoms with Gasteiger partial charge >= 0.3 is 65.5 Å². The summed E-state index contributed by atoms with van der Waals surface area (Å²) in [6.07, 6.45) is -13.8. The number of ether oxygens (including phenoxy) is 3. The minimum atomic E-state index is -8.84. The molecule has 0 radical (unpaired) electrons. The number of aliphatic hydroxyl groups excluding tert-OH is 1. The third-order valence-corrected chi connectivity index (χ3v) is 5.66. The molecule has 0 heterocycles. The topological polar surface area (TPSA) is 99.1 Å². The predicted molar refractivity (Wildman–Crippen MR) is 113 cm³/mol. The predicted octanol–water partition coefficient (Wildman–Crippen LogP) is 5.75. The molecule has 0 aromatic carbocycles. The van der Waals surface area contributed by atoms with Gasteiger partial charge in [0.2, 0.25) is 0 Å². The maximum absolute atomic E-state index is 14.4. The second kappa shape index (κ2) is 13.4. The van der Waals surface area contributed by atoms with Gasteiger partial charge < -0.3 is 19.3 Å². The minimum absolute atomic E-state index is 0.0455. The number of alkyl halides is 17. The molecule has 0 saturated carbocycles. The lowest BCUT2D eigenvalue weighted by molar-refractivity contribution is -0.462. The molecule has 7 nitrogen and oxygen atoms in total. The molecule has 0 aliphatic heterocycles. The van der Waals surface area contributed by atoms with Crippen LogP contribution in [0.2, 0.25) is 0 Å². The van der Waals surface area contributed by atoms with Crippen molar-refractivity contribution in [1.82, 2.24) is 0 Å². The van der Waals surface area contributed by atoms with Crippen molar-refractivity contribution in [3.05, 3.63) is 25.3 Å². The third kappa shape index (κ3) is 7.45. The molecule has 0 spiro atoms. The highest BCUT2D eigenvalue weighted by Crippen LogP contribution is 2.64. The first kappa shape index (κ1) is 42.7. The van der Waals surface area contributed by atoms with E-state index in [0.717, 1.165) is 6.92 Å². The molecule has 0 rings (SSSR count). The van der Waals surface area contributed by atoms with Gasteiger partial charge in [0, 0.05) is 12.2 Å². The summed E-state index contributed by atoms with van der Waals surface area (Å²) in [6, 6.07) is 0. The van der Waals surface area contributed by atoms with E-state index in [1.54, 1.807) is 0 Å². The average molecular weight is 718 g/mol. The summed E-state index contributed by atoms with van der Waals surface area (Å²) in [7, 11) is 0. The molecule has 0 aromatic rings. The van der Waals surface area contributed by atoms with Gasteiger partial charge in [-0.15, -0.1) is 0 Å². The van der Waals surface area contributed by atoms with Crippen LogP contribution in [0.25, 0.3) is 0 Å². The van der Waals surface area contributed by atoms with Gasteiger partial charge in [-0.1, -0.05) is 13.2 Å².